The molecule has 2 aromatic carbocycles. The number of hydrogen-bond acceptors (Lipinski definition) is 5. The first-order valence-electron chi connectivity index (χ1n) is 9.03. The molecule has 2 aliphatic rings. The predicted molar refractivity (Wildman–Crippen MR) is 105 cm³/mol. The standard InChI is InChI=1S/C20H21N3O4S/c1-16-7-9-18(10-8-16)28(26,27)22-12-11-20(23(24)25)15-21(14-19(20)22)13-17-5-3-2-4-6-17/h2-12,19H,13-15H2,1H3/t19-,20-/m0/s1. The maximum absolute atomic E-state index is 13.2. The van der Waals surface area contributed by atoms with Crippen LogP contribution < -0.4 is 0 Å². The van der Waals surface area contributed by atoms with Gasteiger partial charge in [-0.15, -0.1) is 0 Å². The van der Waals surface area contributed by atoms with Crippen molar-refractivity contribution >= 4 is 10.0 Å². The molecule has 0 aliphatic carbocycles. The molecule has 0 spiro atoms. The van der Waals surface area contributed by atoms with Gasteiger partial charge in [0.1, 0.15) is 6.04 Å². The lowest BCUT2D eigenvalue weighted by atomic mass is 9.97. The quantitative estimate of drug-likeness (QED) is 0.569. The second kappa shape index (κ2) is 6.72. The van der Waals surface area contributed by atoms with E-state index in [0.29, 0.717) is 13.1 Å². The van der Waals surface area contributed by atoms with Gasteiger partial charge in [-0.2, -0.15) is 0 Å². The number of sulfonamides is 1. The van der Waals surface area contributed by atoms with E-state index in [1.165, 1.54) is 16.6 Å². The molecule has 1 saturated heterocycles. The van der Waals surface area contributed by atoms with Crippen LogP contribution in [0.1, 0.15) is 11.1 Å². The fourth-order valence-corrected chi connectivity index (χ4v) is 5.51. The van der Waals surface area contributed by atoms with Crippen LogP contribution in [-0.4, -0.2) is 47.2 Å². The van der Waals surface area contributed by atoms with E-state index in [4.69, 9.17) is 0 Å². The Morgan fingerprint density at radius 2 is 1.82 bits per heavy atom. The average molecular weight is 399 g/mol. The number of fused-ring (bicyclic) bond motifs is 1. The van der Waals surface area contributed by atoms with Crippen LogP contribution in [0.3, 0.4) is 0 Å². The van der Waals surface area contributed by atoms with Crippen LogP contribution in [0.15, 0.2) is 71.8 Å². The Morgan fingerprint density at radius 1 is 1.14 bits per heavy atom. The predicted octanol–water partition coefficient (Wildman–Crippen LogP) is 2.41. The summed E-state index contributed by atoms with van der Waals surface area (Å²) in [7, 11) is -3.86. The molecule has 8 heteroatoms. The maximum Gasteiger partial charge on any atom is 0.276 e. The highest BCUT2D eigenvalue weighted by atomic mass is 32.2. The third-order valence-corrected chi connectivity index (χ3v) is 7.29. The van der Waals surface area contributed by atoms with E-state index in [1.807, 2.05) is 42.2 Å². The summed E-state index contributed by atoms with van der Waals surface area (Å²) in [6.07, 6.45) is 2.80. The molecule has 0 aromatic heterocycles. The van der Waals surface area contributed by atoms with E-state index >= 15 is 0 Å². The summed E-state index contributed by atoms with van der Waals surface area (Å²) in [6, 6.07) is 15.5. The lowest BCUT2D eigenvalue weighted by Crippen LogP contribution is -2.51. The second-order valence-electron chi connectivity index (χ2n) is 7.38. The molecule has 2 atom stereocenters. The van der Waals surface area contributed by atoms with Crippen molar-refractivity contribution in [3.63, 3.8) is 0 Å². The first-order chi connectivity index (χ1) is 13.3. The summed E-state index contributed by atoms with van der Waals surface area (Å²) in [6.45, 7) is 2.89. The van der Waals surface area contributed by atoms with E-state index in [0.717, 1.165) is 11.1 Å². The van der Waals surface area contributed by atoms with Crippen molar-refractivity contribution in [2.75, 3.05) is 13.1 Å². The molecular weight excluding hydrogens is 378 g/mol. The van der Waals surface area contributed by atoms with Crippen LogP contribution in [0.5, 0.6) is 0 Å². The smallest absolute Gasteiger partial charge is 0.276 e. The Morgan fingerprint density at radius 3 is 2.46 bits per heavy atom. The normalized spacial score (nSPS) is 24.5. The van der Waals surface area contributed by atoms with Crippen LogP contribution in [0.2, 0.25) is 0 Å². The molecule has 1 fully saturated rings. The van der Waals surface area contributed by atoms with E-state index in [2.05, 4.69) is 0 Å². The number of aryl methyl sites for hydroxylation is 1. The van der Waals surface area contributed by atoms with Crippen LogP contribution in [0.25, 0.3) is 0 Å². The minimum absolute atomic E-state index is 0.142. The number of benzene rings is 2. The summed E-state index contributed by atoms with van der Waals surface area (Å²) < 4.78 is 27.5. The van der Waals surface area contributed by atoms with Gasteiger partial charge in [-0.3, -0.25) is 19.3 Å². The van der Waals surface area contributed by atoms with Gasteiger partial charge in [0.25, 0.3) is 15.6 Å². The third-order valence-electron chi connectivity index (χ3n) is 5.49. The first-order valence-corrected chi connectivity index (χ1v) is 10.5. The van der Waals surface area contributed by atoms with Gasteiger partial charge in [0.2, 0.25) is 0 Å². The number of nitro groups is 1. The number of nitrogens with zero attached hydrogens (tertiary/aromatic N) is 3. The molecule has 0 bridgehead atoms. The van der Waals surface area contributed by atoms with Gasteiger partial charge in [-0.25, -0.2) is 8.42 Å². The van der Waals surface area contributed by atoms with Gasteiger partial charge in [0, 0.05) is 30.3 Å². The lowest BCUT2D eigenvalue weighted by molar-refractivity contribution is -0.553. The summed E-state index contributed by atoms with van der Waals surface area (Å²) in [5, 5.41) is 12.0. The zero-order valence-electron chi connectivity index (χ0n) is 15.4. The van der Waals surface area contributed by atoms with E-state index < -0.39 is 21.6 Å². The number of likely N-dealkylation sites (tertiary alicyclic amines) is 1. The van der Waals surface area contributed by atoms with Crippen LogP contribution in [-0.2, 0) is 16.6 Å². The molecule has 7 nitrogen and oxygen atoms in total. The highest BCUT2D eigenvalue weighted by molar-refractivity contribution is 7.89. The number of rotatable bonds is 5. The summed E-state index contributed by atoms with van der Waals surface area (Å²) in [5.41, 5.74) is 0.565. The summed E-state index contributed by atoms with van der Waals surface area (Å²) in [4.78, 5) is 13.7. The van der Waals surface area contributed by atoms with Crippen molar-refractivity contribution in [1.82, 2.24) is 9.21 Å². The van der Waals surface area contributed by atoms with Crippen LogP contribution in [0, 0.1) is 17.0 Å². The maximum atomic E-state index is 13.2. The van der Waals surface area contributed by atoms with Gasteiger partial charge in [0.05, 0.1) is 11.4 Å². The molecule has 0 unspecified atom stereocenters. The molecule has 2 aromatic rings. The van der Waals surface area contributed by atoms with Crippen LogP contribution >= 0.6 is 0 Å². The third kappa shape index (κ3) is 2.98. The number of hydrogen-bond donors (Lipinski definition) is 0. The Balaban J connectivity index is 1.64. The molecule has 0 radical (unpaired) electrons. The Hall–Kier alpha value is -2.71. The van der Waals surface area contributed by atoms with E-state index in [-0.39, 0.29) is 16.4 Å². The Labute approximate surface area is 164 Å². The van der Waals surface area contributed by atoms with Gasteiger partial charge in [-0.1, -0.05) is 48.0 Å². The van der Waals surface area contributed by atoms with Crippen molar-refractivity contribution in [1.29, 1.82) is 0 Å². The minimum atomic E-state index is -3.86. The largest absolute Gasteiger partial charge is 0.289 e. The summed E-state index contributed by atoms with van der Waals surface area (Å²) in [5.74, 6) is 0. The van der Waals surface area contributed by atoms with Crippen LogP contribution in [0.4, 0.5) is 0 Å². The van der Waals surface area contributed by atoms with Crippen molar-refractivity contribution in [3.05, 3.63) is 88.1 Å². The highest BCUT2D eigenvalue weighted by Gasteiger charge is 2.62. The fraction of sp³-hybridized carbons (Fsp3) is 0.300. The molecule has 2 aliphatic heterocycles. The zero-order chi connectivity index (χ0) is 19.9. The second-order valence-corrected chi connectivity index (χ2v) is 9.23. The topological polar surface area (TPSA) is 83.8 Å². The molecule has 146 valence electrons. The fourth-order valence-electron chi connectivity index (χ4n) is 3.98. The molecule has 0 saturated carbocycles. The van der Waals surface area contributed by atoms with Gasteiger partial charge in [0.15, 0.2) is 0 Å². The monoisotopic (exact) mass is 399 g/mol. The molecule has 4 rings (SSSR count). The minimum Gasteiger partial charge on any atom is -0.289 e. The summed E-state index contributed by atoms with van der Waals surface area (Å²) >= 11 is 0. The highest BCUT2D eigenvalue weighted by Crippen LogP contribution is 2.39. The molecular formula is C20H21N3O4S. The van der Waals surface area contributed by atoms with Crippen molar-refractivity contribution in [3.8, 4) is 0 Å². The van der Waals surface area contributed by atoms with Crippen molar-refractivity contribution in [2.24, 2.45) is 0 Å². The van der Waals surface area contributed by atoms with Gasteiger partial charge >= 0.3 is 0 Å². The van der Waals surface area contributed by atoms with Crippen molar-refractivity contribution < 1.29 is 13.3 Å². The molecule has 0 N–H and O–H groups in total. The lowest BCUT2D eigenvalue weighted by Gasteiger charge is -2.26. The molecule has 28 heavy (non-hydrogen) atoms. The first kappa shape index (κ1) is 18.6. The molecule has 2 heterocycles. The SMILES string of the molecule is Cc1ccc(S(=O)(=O)N2C=C[C@]3([N+](=O)[O-])CN(Cc4ccccc4)C[C@H]23)cc1. The van der Waals surface area contributed by atoms with E-state index in [9.17, 15) is 18.5 Å². The molecule has 0 amide bonds. The zero-order valence-corrected chi connectivity index (χ0v) is 16.2. The average Bonchev–Trinajstić information content (AvgIpc) is 3.19. The van der Waals surface area contributed by atoms with E-state index in [1.54, 1.807) is 24.3 Å². The Kier molecular flexibility index (Phi) is 4.47. The van der Waals surface area contributed by atoms with Gasteiger partial charge in [-0.05, 0) is 24.6 Å². The van der Waals surface area contributed by atoms with Crippen molar-refractivity contribution in [2.45, 2.75) is 29.9 Å². The van der Waals surface area contributed by atoms with Gasteiger partial charge < -0.3 is 0 Å². The Bertz CT molecular complexity index is 1020.